The van der Waals surface area contributed by atoms with Crippen LogP contribution in [0.1, 0.15) is 11.1 Å². The first-order chi connectivity index (χ1) is 9.34. The summed E-state index contributed by atoms with van der Waals surface area (Å²) in [4.78, 5) is 2.34. The van der Waals surface area contributed by atoms with Gasteiger partial charge in [-0.1, -0.05) is 72.8 Å². The predicted molar refractivity (Wildman–Crippen MR) is 83.1 cm³/mol. The topological polar surface area (TPSA) is 3.24 Å². The van der Waals surface area contributed by atoms with Gasteiger partial charge < -0.3 is 4.90 Å². The summed E-state index contributed by atoms with van der Waals surface area (Å²) in [7, 11) is 2.16. The lowest BCUT2D eigenvalue weighted by atomic mass is 10.1. The standard InChI is InChI=1S/C18H21N/c1-19(16-14-18-11-6-3-7-12-18)15-8-13-17-9-4-2-5-10-17/h2-13H,14-16H2,1H3/b13-8+. The Hall–Kier alpha value is -1.86. The number of benzene rings is 2. The van der Waals surface area contributed by atoms with Gasteiger partial charge >= 0.3 is 0 Å². The SMILES string of the molecule is CN(C/C=C/c1ccccc1)CCc1ccccc1. The van der Waals surface area contributed by atoms with Gasteiger partial charge in [-0.3, -0.25) is 0 Å². The third-order valence-corrected chi connectivity index (χ3v) is 3.15. The van der Waals surface area contributed by atoms with Gasteiger partial charge in [0.1, 0.15) is 0 Å². The Morgan fingerprint density at radius 3 is 2.21 bits per heavy atom. The monoisotopic (exact) mass is 251 g/mol. The fraction of sp³-hybridized carbons (Fsp3) is 0.222. The Bertz CT molecular complexity index is 488. The first-order valence-electron chi connectivity index (χ1n) is 6.78. The van der Waals surface area contributed by atoms with E-state index >= 15 is 0 Å². The van der Waals surface area contributed by atoms with Gasteiger partial charge in [0.25, 0.3) is 0 Å². The molecular formula is C18H21N. The zero-order valence-corrected chi connectivity index (χ0v) is 11.5. The van der Waals surface area contributed by atoms with Crippen molar-refractivity contribution in [3.05, 3.63) is 77.9 Å². The number of nitrogens with zero attached hydrogens (tertiary/aromatic N) is 1. The molecule has 0 aliphatic carbocycles. The summed E-state index contributed by atoms with van der Waals surface area (Å²) in [6.45, 7) is 2.07. The molecule has 19 heavy (non-hydrogen) atoms. The van der Waals surface area contributed by atoms with Crippen molar-refractivity contribution >= 4 is 6.08 Å². The highest BCUT2D eigenvalue weighted by Gasteiger charge is 1.96. The maximum Gasteiger partial charge on any atom is 0.0163 e. The van der Waals surface area contributed by atoms with E-state index < -0.39 is 0 Å². The second-order valence-electron chi connectivity index (χ2n) is 4.81. The van der Waals surface area contributed by atoms with Crippen molar-refractivity contribution < 1.29 is 0 Å². The summed E-state index contributed by atoms with van der Waals surface area (Å²) < 4.78 is 0. The maximum absolute atomic E-state index is 2.34. The quantitative estimate of drug-likeness (QED) is 0.753. The second kappa shape index (κ2) is 7.55. The average Bonchev–Trinajstić information content (AvgIpc) is 2.47. The third-order valence-electron chi connectivity index (χ3n) is 3.15. The molecule has 0 aliphatic heterocycles. The molecule has 0 aromatic heterocycles. The van der Waals surface area contributed by atoms with Gasteiger partial charge in [0.15, 0.2) is 0 Å². The molecule has 0 saturated carbocycles. The van der Waals surface area contributed by atoms with Crippen LogP contribution in [0.5, 0.6) is 0 Å². The second-order valence-corrected chi connectivity index (χ2v) is 4.81. The van der Waals surface area contributed by atoms with Crippen molar-refractivity contribution in [2.45, 2.75) is 6.42 Å². The fourth-order valence-electron chi connectivity index (χ4n) is 1.99. The van der Waals surface area contributed by atoms with Gasteiger partial charge in [-0.05, 0) is 24.6 Å². The van der Waals surface area contributed by atoms with E-state index in [4.69, 9.17) is 0 Å². The van der Waals surface area contributed by atoms with Crippen molar-refractivity contribution in [3.8, 4) is 0 Å². The van der Waals surface area contributed by atoms with Gasteiger partial charge in [-0.15, -0.1) is 0 Å². The molecule has 0 aliphatic rings. The van der Waals surface area contributed by atoms with E-state index in [1.807, 2.05) is 6.07 Å². The van der Waals surface area contributed by atoms with Crippen molar-refractivity contribution in [2.24, 2.45) is 0 Å². The van der Waals surface area contributed by atoms with Crippen LogP contribution in [-0.2, 0) is 6.42 Å². The van der Waals surface area contributed by atoms with Crippen LogP contribution in [0, 0.1) is 0 Å². The third kappa shape index (κ3) is 5.11. The summed E-state index contributed by atoms with van der Waals surface area (Å²) >= 11 is 0. The van der Waals surface area contributed by atoms with Crippen LogP contribution < -0.4 is 0 Å². The molecule has 0 amide bonds. The number of likely N-dealkylation sites (N-methyl/N-ethyl adjacent to an activating group) is 1. The lowest BCUT2D eigenvalue weighted by Crippen LogP contribution is -2.21. The molecule has 0 radical (unpaired) electrons. The largest absolute Gasteiger partial charge is 0.302 e. The lowest BCUT2D eigenvalue weighted by molar-refractivity contribution is 0.375. The molecule has 0 N–H and O–H groups in total. The van der Waals surface area contributed by atoms with E-state index in [2.05, 4.69) is 78.7 Å². The Morgan fingerprint density at radius 1 is 0.895 bits per heavy atom. The summed E-state index contributed by atoms with van der Waals surface area (Å²) in [6, 6.07) is 21.1. The Morgan fingerprint density at radius 2 is 1.53 bits per heavy atom. The Labute approximate surface area is 116 Å². The van der Waals surface area contributed by atoms with E-state index in [0.29, 0.717) is 0 Å². The van der Waals surface area contributed by atoms with Gasteiger partial charge in [0.2, 0.25) is 0 Å². The number of hydrogen-bond donors (Lipinski definition) is 0. The molecule has 0 spiro atoms. The molecule has 1 nitrogen and oxygen atoms in total. The summed E-state index contributed by atoms with van der Waals surface area (Å²) in [5.74, 6) is 0. The van der Waals surface area contributed by atoms with E-state index in [1.54, 1.807) is 0 Å². The molecule has 2 rings (SSSR count). The van der Waals surface area contributed by atoms with Crippen LogP contribution in [0.4, 0.5) is 0 Å². The zero-order chi connectivity index (χ0) is 13.3. The molecule has 0 fully saturated rings. The molecule has 2 aromatic rings. The van der Waals surface area contributed by atoms with E-state index in [1.165, 1.54) is 11.1 Å². The van der Waals surface area contributed by atoms with Crippen LogP contribution in [0.3, 0.4) is 0 Å². The Kier molecular flexibility index (Phi) is 5.39. The van der Waals surface area contributed by atoms with Crippen LogP contribution >= 0.6 is 0 Å². The summed E-state index contributed by atoms with van der Waals surface area (Å²) in [5.41, 5.74) is 2.67. The van der Waals surface area contributed by atoms with E-state index in [0.717, 1.165) is 19.5 Å². The fourth-order valence-corrected chi connectivity index (χ4v) is 1.99. The maximum atomic E-state index is 2.34. The van der Waals surface area contributed by atoms with Crippen molar-refractivity contribution in [2.75, 3.05) is 20.1 Å². The van der Waals surface area contributed by atoms with E-state index in [-0.39, 0.29) is 0 Å². The molecule has 0 bridgehead atoms. The number of hydrogen-bond acceptors (Lipinski definition) is 1. The molecule has 0 unspecified atom stereocenters. The van der Waals surface area contributed by atoms with Gasteiger partial charge in [-0.2, -0.15) is 0 Å². The lowest BCUT2D eigenvalue weighted by Gasteiger charge is -2.14. The normalized spacial score (nSPS) is 11.3. The van der Waals surface area contributed by atoms with Crippen LogP contribution in [0.2, 0.25) is 0 Å². The predicted octanol–water partition coefficient (Wildman–Crippen LogP) is 3.87. The first-order valence-corrected chi connectivity index (χ1v) is 6.78. The molecule has 1 heteroatoms. The minimum Gasteiger partial charge on any atom is -0.302 e. The zero-order valence-electron chi connectivity index (χ0n) is 11.5. The molecular weight excluding hydrogens is 230 g/mol. The Balaban J connectivity index is 1.73. The summed E-state index contributed by atoms with van der Waals surface area (Å²) in [6.07, 6.45) is 5.51. The van der Waals surface area contributed by atoms with Crippen molar-refractivity contribution in [1.29, 1.82) is 0 Å². The van der Waals surface area contributed by atoms with Crippen LogP contribution in [-0.4, -0.2) is 25.0 Å². The van der Waals surface area contributed by atoms with Gasteiger partial charge in [-0.25, -0.2) is 0 Å². The average molecular weight is 251 g/mol. The molecule has 2 aromatic carbocycles. The summed E-state index contributed by atoms with van der Waals surface area (Å²) in [5, 5.41) is 0. The van der Waals surface area contributed by atoms with Crippen molar-refractivity contribution in [1.82, 2.24) is 4.90 Å². The molecule has 0 heterocycles. The molecule has 98 valence electrons. The highest BCUT2D eigenvalue weighted by Crippen LogP contribution is 2.02. The smallest absolute Gasteiger partial charge is 0.0163 e. The highest BCUT2D eigenvalue weighted by molar-refractivity contribution is 5.48. The minimum atomic E-state index is 0.988. The van der Waals surface area contributed by atoms with Crippen LogP contribution in [0.15, 0.2) is 66.7 Å². The highest BCUT2D eigenvalue weighted by atomic mass is 15.1. The van der Waals surface area contributed by atoms with Gasteiger partial charge in [0, 0.05) is 13.1 Å². The van der Waals surface area contributed by atoms with Gasteiger partial charge in [0.05, 0.1) is 0 Å². The number of rotatable bonds is 6. The van der Waals surface area contributed by atoms with Crippen LogP contribution in [0.25, 0.3) is 6.08 Å². The first kappa shape index (κ1) is 13.6. The molecule has 0 atom stereocenters. The molecule has 0 saturated heterocycles. The minimum absolute atomic E-state index is 0.988. The van der Waals surface area contributed by atoms with Crippen molar-refractivity contribution in [3.63, 3.8) is 0 Å². The van der Waals surface area contributed by atoms with E-state index in [9.17, 15) is 0 Å².